The Morgan fingerprint density at radius 1 is 1.21 bits per heavy atom. The average molecular weight is 460 g/mol. The van der Waals surface area contributed by atoms with E-state index in [1.165, 1.54) is 6.42 Å². The lowest BCUT2D eigenvalue weighted by Gasteiger charge is -2.10. The van der Waals surface area contributed by atoms with Crippen molar-refractivity contribution >= 4 is 48.7 Å². The molecule has 7 heteroatoms. The molecule has 0 unspecified atom stereocenters. The van der Waals surface area contributed by atoms with Gasteiger partial charge in [-0.3, -0.25) is 9.59 Å². The lowest BCUT2D eigenvalue weighted by atomic mass is 10.1. The van der Waals surface area contributed by atoms with E-state index in [4.69, 9.17) is 0 Å². The maximum atomic E-state index is 12.3. The first-order chi connectivity index (χ1) is 11.5. The fourth-order valence-corrected chi connectivity index (χ4v) is 3.86. The van der Waals surface area contributed by atoms with Gasteiger partial charge in [-0.1, -0.05) is 48.5 Å². The van der Waals surface area contributed by atoms with Crippen molar-refractivity contribution in [2.45, 2.75) is 39.0 Å². The first kappa shape index (κ1) is 19.0. The standard InChI is InChI=1S/C17H20Br2N2O3/c1-2-3-4-5-6-7-20-16(23)13-15(22)11-8-10(18)9-12(19)14(11)21-17(13)24/h8-9H,2-7H2,1H3,(H,20,23)(H2,21,22,24). The number of amides is 1. The lowest BCUT2D eigenvalue weighted by Crippen LogP contribution is -2.30. The Bertz CT molecular complexity index is 803. The molecular weight excluding hydrogens is 440 g/mol. The Morgan fingerprint density at radius 3 is 2.62 bits per heavy atom. The van der Waals surface area contributed by atoms with E-state index in [9.17, 15) is 14.7 Å². The summed E-state index contributed by atoms with van der Waals surface area (Å²) >= 11 is 6.67. The molecule has 0 aliphatic carbocycles. The van der Waals surface area contributed by atoms with Crippen molar-refractivity contribution in [2.75, 3.05) is 6.54 Å². The molecule has 0 saturated heterocycles. The number of aromatic nitrogens is 1. The molecule has 0 atom stereocenters. The predicted octanol–water partition coefficient (Wildman–Crippen LogP) is 4.46. The lowest BCUT2D eigenvalue weighted by molar-refractivity contribution is 0.0949. The van der Waals surface area contributed by atoms with Gasteiger partial charge in [-0.05, 0) is 34.5 Å². The molecular formula is C17H20Br2N2O3. The maximum Gasteiger partial charge on any atom is 0.265 e. The molecule has 1 heterocycles. The molecule has 0 bridgehead atoms. The van der Waals surface area contributed by atoms with E-state index in [1.807, 2.05) is 0 Å². The molecule has 5 nitrogen and oxygen atoms in total. The topological polar surface area (TPSA) is 82.2 Å². The number of fused-ring (bicyclic) bond motifs is 1. The summed E-state index contributed by atoms with van der Waals surface area (Å²) in [4.78, 5) is 27.1. The van der Waals surface area contributed by atoms with Gasteiger partial charge >= 0.3 is 0 Å². The Kier molecular flexibility index (Phi) is 6.86. The monoisotopic (exact) mass is 458 g/mol. The second kappa shape index (κ2) is 8.67. The van der Waals surface area contributed by atoms with Gasteiger partial charge < -0.3 is 15.4 Å². The minimum absolute atomic E-state index is 0.249. The summed E-state index contributed by atoms with van der Waals surface area (Å²) in [6, 6.07) is 3.42. The van der Waals surface area contributed by atoms with Gasteiger partial charge in [0, 0.05) is 20.9 Å². The van der Waals surface area contributed by atoms with E-state index in [0.717, 1.165) is 30.2 Å². The number of hydrogen-bond donors (Lipinski definition) is 3. The molecule has 3 N–H and O–H groups in total. The van der Waals surface area contributed by atoms with Gasteiger partial charge in [-0.15, -0.1) is 0 Å². The van der Waals surface area contributed by atoms with Crippen molar-refractivity contribution in [2.24, 2.45) is 0 Å². The highest BCUT2D eigenvalue weighted by Gasteiger charge is 2.20. The summed E-state index contributed by atoms with van der Waals surface area (Å²) in [5, 5.41) is 13.5. The van der Waals surface area contributed by atoms with E-state index in [-0.39, 0.29) is 11.3 Å². The Hall–Kier alpha value is -1.34. The highest BCUT2D eigenvalue weighted by Crippen LogP contribution is 2.32. The summed E-state index contributed by atoms with van der Waals surface area (Å²) in [6.45, 7) is 2.63. The smallest absolute Gasteiger partial charge is 0.265 e. The molecule has 0 aliphatic rings. The molecule has 0 aliphatic heterocycles. The van der Waals surface area contributed by atoms with Gasteiger partial charge in [-0.2, -0.15) is 0 Å². The van der Waals surface area contributed by atoms with Crippen LogP contribution >= 0.6 is 31.9 Å². The van der Waals surface area contributed by atoms with E-state index in [0.29, 0.717) is 21.9 Å². The highest BCUT2D eigenvalue weighted by molar-refractivity contribution is 9.11. The zero-order valence-electron chi connectivity index (χ0n) is 13.4. The molecule has 1 amide bonds. The first-order valence-corrected chi connectivity index (χ1v) is 9.56. The number of rotatable bonds is 7. The van der Waals surface area contributed by atoms with Crippen molar-refractivity contribution in [3.05, 3.63) is 37.0 Å². The van der Waals surface area contributed by atoms with Crippen LogP contribution in [0, 0.1) is 0 Å². The summed E-state index contributed by atoms with van der Waals surface area (Å²) in [5.74, 6) is -0.860. The molecule has 130 valence electrons. The van der Waals surface area contributed by atoms with Crippen molar-refractivity contribution in [1.29, 1.82) is 0 Å². The number of H-pyrrole nitrogens is 1. The second-order valence-electron chi connectivity index (χ2n) is 5.66. The minimum Gasteiger partial charge on any atom is -0.506 e. The molecule has 0 spiro atoms. The van der Waals surface area contributed by atoms with Crippen molar-refractivity contribution in [3.8, 4) is 5.75 Å². The number of carbonyl (C=O) groups is 1. The number of nitrogens with one attached hydrogen (secondary N) is 2. The van der Waals surface area contributed by atoms with Crippen molar-refractivity contribution in [1.82, 2.24) is 10.3 Å². The molecule has 1 aromatic carbocycles. The maximum absolute atomic E-state index is 12.3. The number of aromatic hydroxyl groups is 1. The highest BCUT2D eigenvalue weighted by atomic mass is 79.9. The zero-order valence-corrected chi connectivity index (χ0v) is 16.6. The van der Waals surface area contributed by atoms with Crippen LogP contribution in [0.4, 0.5) is 0 Å². The average Bonchev–Trinajstić information content (AvgIpc) is 2.52. The van der Waals surface area contributed by atoms with Gasteiger partial charge in [0.1, 0.15) is 11.3 Å². The number of benzene rings is 1. The summed E-state index contributed by atoms with van der Waals surface area (Å²) < 4.78 is 1.36. The van der Waals surface area contributed by atoms with Gasteiger partial charge in [-0.25, -0.2) is 0 Å². The molecule has 0 fully saturated rings. The van der Waals surface area contributed by atoms with Crippen LogP contribution in [0.25, 0.3) is 10.9 Å². The van der Waals surface area contributed by atoms with Crippen LogP contribution in [0.5, 0.6) is 5.75 Å². The fraction of sp³-hybridized carbons (Fsp3) is 0.412. The quantitative estimate of drug-likeness (QED) is 0.534. The minimum atomic E-state index is -0.605. The normalized spacial score (nSPS) is 11.0. The van der Waals surface area contributed by atoms with E-state index >= 15 is 0 Å². The SMILES string of the molecule is CCCCCCCNC(=O)c1c(O)c2cc(Br)cc(Br)c2[nH]c1=O. The van der Waals surface area contributed by atoms with Gasteiger partial charge in [0.25, 0.3) is 11.5 Å². The summed E-state index contributed by atoms with van der Waals surface area (Å²) in [5.41, 5.74) is -0.399. The number of pyridine rings is 1. The van der Waals surface area contributed by atoms with E-state index in [2.05, 4.69) is 49.1 Å². The number of unbranched alkanes of at least 4 members (excludes halogenated alkanes) is 4. The van der Waals surface area contributed by atoms with Gasteiger partial charge in [0.2, 0.25) is 0 Å². The Labute approximate surface area is 157 Å². The van der Waals surface area contributed by atoms with Crippen LogP contribution in [0.15, 0.2) is 25.9 Å². The first-order valence-electron chi connectivity index (χ1n) is 7.98. The Balaban J connectivity index is 2.19. The van der Waals surface area contributed by atoms with Gasteiger partial charge in [0.15, 0.2) is 0 Å². The van der Waals surface area contributed by atoms with E-state index in [1.54, 1.807) is 12.1 Å². The molecule has 0 radical (unpaired) electrons. The largest absolute Gasteiger partial charge is 0.506 e. The predicted molar refractivity (Wildman–Crippen MR) is 103 cm³/mol. The fourth-order valence-electron chi connectivity index (χ4n) is 2.54. The third-order valence-corrected chi connectivity index (χ3v) is 4.89. The van der Waals surface area contributed by atoms with Crippen LogP contribution in [-0.2, 0) is 0 Å². The Morgan fingerprint density at radius 2 is 1.92 bits per heavy atom. The van der Waals surface area contributed by atoms with Crippen LogP contribution in [0.1, 0.15) is 49.4 Å². The van der Waals surface area contributed by atoms with Crippen molar-refractivity contribution < 1.29 is 9.90 Å². The number of hydrogen-bond acceptors (Lipinski definition) is 3. The van der Waals surface area contributed by atoms with E-state index < -0.39 is 11.5 Å². The number of carbonyl (C=O) groups excluding carboxylic acids is 1. The third-order valence-electron chi connectivity index (χ3n) is 3.81. The van der Waals surface area contributed by atoms with Crippen LogP contribution in [0.2, 0.25) is 0 Å². The summed E-state index contributed by atoms with van der Waals surface area (Å²) in [7, 11) is 0. The van der Waals surface area contributed by atoms with Crippen molar-refractivity contribution in [3.63, 3.8) is 0 Å². The molecule has 2 rings (SSSR count). The second-order valence-corrected chi connectivity index (χ2v) is 7.43. The third kappa shape index (κ3) is 4.39. The zero-order chi connectivity index (χ0) is 17.7. The molecule has 24 heavy (non-hydrogen) atoms. The van der Waals surface area contributed by atoms with Gasteiger partial charge in [0.05, 0.1) is 5.52 Å². The van der Waals surface area contributed by atoms with Crippen LogP contribution < -0.4 is 10.9 Å². The number of aromatic amines is 1. The summed E-state index contributed by atoms with van der Waals surface area (Å²) in [6.07, 6.45) is 5.38. The molecule has 1 aromatic heterocycles. The number of halogens is 2. The molecule has 0 saturated carbocycles. The van der Waals surface area contributed by atoms with Crippen LogP contribution in [-0.4, -0.2) is 22.5 Å². The molecule has 2 aromatic rings. The van der Waals surface area contributed by atoms with Crippen LogP contribution in [0.3, 0.4) is 0 Å².